The molecule has 1 amide bonds. The van der Waals surface area contributed by atoms with E-state index in [1.165, 1.54) is 12.8 Å². The van der Waals surface area contributed by atoms with E-state index in [-0.39, 0.29) is 12.3 Å². The Morgan fingerprint density at radius 2 is 2.00 bits per heavy atom. The van der Waals surface area contributed by atoms with E-state index in [2.05, 4.69) is 5.32 Å². The molecule has 0 spiro atoms. The van der Waals surface area contributed by atoms with Crippen LogP contribution < -0.4 is 5.32 Å². The summed E-state index contributed by atoms with van der Waals surface area (Å²) in [5.41, 5.74) is 1.26. The van der Waals surface area contributed by atoms with Gasteiger partial charge >= 0.3 is 5.97 Å². The van der Waals surface area contributed by atoms with Crippen molar-refractivity contribution in [2.45, 2.75) is 32.1 Å². The molecule has 0 aromatic heterocycles. The highest BCUT2D eigenvalue weighted by atomic mass is 16.4. The topological polar surface area (TPSA) is 66.4 Å². The minimum Gasteiger partial charge on any atom is -0.481 e. The number of nitrogens with one attached hydrogen (secondary N) is 1. The van der Waals surface area contributed by atoms with Crippen molar-refractivity contribution in [3.8, 4) is 0 Å². The lowest BCUT2D eigenvalue weighted by atomic mass is 10.1. The lowest BCUT2D eigenvalue weighted by molar-refractivity contribution is -0.136. The van der Waals surface area contributed by atoms with Gasteiger partial charge in [0.15, 0.2) is 0 Å². The van der Waals surface area contributed by atoms with E-state index in [0.717, 1.165) is 12.3 Å². The molecule has 0 bridgehead atoms. The molecule has 4 nitrogen and oxygen atoms in total. The first-order valence-corrected chi connectivity index (χ1v) is 6.24. The maximum absolute atomic E-state index is 11.7. The Bertz CT molecular complexity index is 452. The van der Waals surface area contributed by atoms with Crippen molar-refractivity contribution in [2.24, 2.45) is 5.92 Å². The zero-order valence-electron chi connectivity index (χ0n) is 10.2. The molecule has 0 atom stereocenters. The van der Waals surface area contributed by atoms with E-state index in [1.807, 2.05) is 0 Å². The van der Waals surface area contributed by atoms with Gasteiger partial charge in [-0.15, -0.1) is 0 Å². The van der Waals surface area contributed by atoms with Crippen molar-refractivity contribution in [1.82, 2.24) is 0 Å². The van der Waals surface area contributed by atoms with Crippen LogP contribution in [0.25, 0.3) is 0 Å². The molecule has 0 radical (unpaired) electrons. The molecule has 4 heteroatoms. The molecule has 1 saturated carbocycles. The first-order valence-electron chi connectivity index (χ1n) is 6.24. The SMILES string of the molecule is O=C(O)Cc1ccccc1NC(=O)CCC1CC1. The van der Waals surface area contributed by atoms with Crippen molar-refractivity contribution in [2.75, 3.05) is 5.32 Å². The second-order valence-electron chi connectivity index (χ2n) is 4.76. The zero-order valence-corrected chi connectivity index (χ0v) is 10.2. The predicted octanol–water partition coefficient (Wildman–Crippen LogP) is 2.44. The summed E-state index contributed by atoms with van der Waals surface area (Å²) in [5.74, 6) is -0.195. The fourth-order valence-electron chi connectivity index (χ4n) is 1.91. The summed E-state index contributed by atoms with van der Waals surface area (Å²) in [6.45, 7) is 0. The van der Waals surface area contributed by atoms with Gasteiger partial charge in [-0.1, -0.05) is 31.0 Å². The van der Waals surface area contributed by atoms with E-state index < -0.39 is 5.97 Å². The fourth-order valence-corrected chi connectivity index (χ4v) is 1.91. The molecule has 96 valence electrons. The Morgan fingerprint density at radius 3 is 2.67 bits per heavy atom. The summed E-state index contributed by atoms with van der Waals surface area (Å²) >= 11 is 0. The Morgan fingerprint density at radius 1 is 1.28 bits per heavy atom. The minimum absolute atomic E-state index is 0.0280. The number of benzene rings is 1. The number of hydrogen-bond acceptors (Lipinski definition) is 2. The minimum atomic E-state index is -0.894. The number of carbonyl (C=O) groups is 2. The van der Waals surface area contributed by atoms with Gasteiger partial charge in [0.25, 0.3) is 0 Å². The molecular formula is C14H17NO3. The lowest BCUT2D eigenvalue weighted by Gasteiger charge is -2.09. The van der Waals surface area contributed by atoms with Crippen LogP contribution in [-0.4, -0.2) is 17.0 Å². The monoisotopic (exact) mass is 247 g/mol. The third kappa shape index (κ3) is 3.87. The number of para-hydroxylation sites is 1. The first kappa shape index (κ1) is 12.6. The summed E-state index contributed by atoms with van der Waals surface area (Å²) < 4.78 is 0. The fraction of sp³-hybridized carbons (Fsp3) is 0.429. The van der Waals surface area contributed by atoms with Crippen LogP contribution >= 0.6 is 0 Å². The van der Waals surface area contributed by atoms with Gasteiger partial charge in [-0.2, -0.15) is 0 Å². The van der Waals surface area contributed by atoms with Crippen molar-refractivity contribution in [1.29, 1.82) is 0 Å². The number of hydrogen-bond donors (Lipinski definition) is 2. The average Bonchev–Trinajstić information content (AvgIpc) is 3.12. The van der Waals surface area contributed by atoms with E-state index in [0.29, 0.717) is 17.7 Å². The molecule has 0 heterocycles. The second-order valence-corrected chi connectivity index (χ2v) is 4.76. The van der Waals surface area contributed by atoms with Crippen molar-refractivity contribution >= 4 is 17.6 Å². The largest absolute Gasteiger partial charge is 0.481 e. The van der Waals surface area contributed by atoms with Crippen LogP contribution in [0.5, 0.6) is 0 Å². The zero-order chi connectivity index (χ0) is 13.0. The van der Waals surface area contributed by atoms with E-state index in [4.69, 9.17) is 5.11 Å². The number of amides is 1. The van der Waals surface area contributed by atoms with Gasteiger partial charge in [0.1, 0.15) is 0 Å². The van der Waals surface area contributed by atoms with Crippen LogP contribution in [0, 0.1) is 5.92 Å². The summed E-state index contributed by atoms with van der Waals surface area (Å²) in [6.07, 6.45) is 3.86. The second kappa shape index (κ2) is 5.67. The van der Waals surface area contributed by atoms with Crippen molar-refractivity contribution < 1.29 is 14.7 Å². The van der Waals surface area contributed by atoms with Crippen LogP contribution in [0.4, 0.5) is 5.69 Å². The molecule has 1 aromatic rings. The Balaban J connectivity index is 1.93. The average molecular weight is 247 g/mol. The smallest absolute Gasteiger partial charge is 0.307 e. The van der Waals surface area contributed by atoms with Gasteiger partial charge in [-0.25, -0.2) is 0 Å². The Labute approximate surface area is 106 Å². The van der Waals surface area contributed by atoms with Crippen LogP contribution in [0.15, 0.2) is 24.3 Å². The number of carboxylic acid groups (broad SMARTS) is 1. The van der Waals surface area contributed by atoms with Crippen LogP contribution in [-0.2, 0) is 16.0 Å². The summed E-state index contributed by atoms with van der Waals surface area (Å²) in [7, 11) is 0. The third-order valence-electron chi connectivity index (χ3n) is 3.11. The Hall–Kier alpha value is -1.84. The van der Waals surface area contributed by atoms with Gasteiger partial charge in [0, 0.05) is 12.1 Å². The maximum atomic E-state index is 11.7. The van der Waals surface area contributed by atoms with Gasteiger partial charge in [0.2, 0.25) is 5.91 Å². The van der Waals surface area contributed by atoms with Crippen LogP contribution in [0.2, 0.25) is 0 Å². The van der Waals surface area contributed by atoms with Crippen LogP contribution in [0.3, 0.4) is 0 Å². The van der Waals surface area contributed by atoms with Crippen molar-refractivity contribution in [3.05, 3.63) is 29.8 Å². The molecule has 0 saturated heterocycles. The molecule has 18 heavy (non-hydrogen) atoms. The number of carboxylic acids is 1. The summed E-state index contributed by atoms with van der Waals surface area (Å²) in [5, 5.41) is 11.6. The van der Waals surface area contributed by atoms with Gasteiger partial charge < -0.3 is 10.4 Å². The third-order valence-corrected chi connectivity index (χ3v) is 3.11. The molecule has 0 aliphatic heterocycles. The quantitative estimate of drug-likeness (QED) is 0.811. The molecule has 1 fully saturated rings. The summed E-state index contributed by atoms with van der Waals surface area (Å²) in [6, 6.07) is 7.04. The molecule has 1 aliphatic rings. The highest BCUT2D eigenvalue weighted by Crippen LogP contribution is 2.33. The number of aliphatic carboxylic acids is 1. The highest BCUT2D eigenvalue weighted by molar-refractivity contribution is 5.92. The normalized spacial score (nSPS) is 14.2. The van der Waals surface area contributed by atoms with E-state index in [1.54, 1.807) is 24.3 Å². The van der Waals surface area contributed by atoms with E-state index in [9.17, 15) is 9.59 Å². The molecular weight excluding hydrogens is 230 g/mol. The standard InChI is InChI=1S/C14H17NO3/c16-13(8-7-10-5-6-10)15-12-4-2-1-3-11(12)9-14(17)18/h1-4,10H,5-9H2,(H,15,16)(H,17,18). The highest BCUT2D eigenvalue weighted by Gasteiger charge is 2.22. The summed E-state index contributed by atoms with van der Waals surface area (Å²) in [4.78, 5) is 22.4. The first-order chi connectivity index (χ1) is 8.65. The van der Waals surface area contributed by atoms with Gasteiger partial charge in [-0.05, 0) is 24.0 Å². The molecule has 0 unspecified atom stereocenters. The molecule has 2 rings (SSSR count). The van der Waals surface area contributed by atoms with Crippen molar-refractivity contribution in [3.63, 3.8) is 0 Å². The van der Waals surface area contributed by atoms with E-state index >= 15 is 0 Å². The Kier molecular flexibility index (Phi) is 3.97. The van der Waals surface area contributed by atoms with Gasteiger partial charge in [-0.3, -0.25) is 9.59 Å². The maximum Gasteiger partial charge on any atom is 0.307 e. The number of rotatable bonds is 6. The molecule has 1 aromatic carbocycles. The molecule has 2 N–H and O–H groups in total. The van der Waals surface area contributed by atoms with Crippen LogP contribution in [0.1, 0.15) is 31.2 Å². The number of carbonyl (C=O) groups excluding carboxylic acids is 1. The molecule has 1 aliphatic carbocycles. The predicted molar refractivity (Wildman–Crippen MR) is 68.4 cm³/mol. The number of anilines is 1. The van der Waals surface area contributed by atoms with Gasteiger partial charge in [0.05, 0.1) is 6.42 Å². The lowest BCUT2D eigenvalue weighted by Crippen LogP contribution is -2.14.